The number of piperazine rings is 1. The van der Waals surface area contributed by atoms with E-state index in [2.05, 4.69) is 16.3 Å². The third kappa shape index (κ3) is 4.38. The maximum absolute atomic E-state index is 12.1. The lowest BCUT2D eigenvalue weighted by Crippen LogP contribution is -2.49. The lowest BCUT2D eigenvalue weighted by Gasteiger charge is -2.36. The summed E-state index contributed by atoms with van der Waals surface area (Å²) in [6.45, 7) is 4.88. The molecule has 6 nitrogen and oxygen atoms in total. The van der Waals surface area contributed by atoms with Crippen LogP contribution in [0.2, 0.25) is 0 Å². The van der Waals surface area contributed by atoms with Crippen LogP contribution in [0.1, 0.15) is 13.3 Å². The van der Waals surface area contributed by atoms with Gasteiger partial charge in [0, 0.05) is 57.8 Å². The van der Waals surface area contributed by atoms with Gasteiger partial charge in [0.2, 0.25) is 11.8 Å². The molecule has 0 aromatic heterocycles. The zero-order chi connectivity index (χ0) is 15.9. The molecule has 0 aliphatic carbocycles. The summed E-state index contributed by atoms with van der Waals surface area (Å²) in [5, 5.41) is 2.65. The zero-order valence-electron chi connectivity index (χ0n) is 13.2. The molecule has 1 aromatic carbocycles. The average Bonchev–Trinajstić information content (AvgIpc) is 2.54. The van der Waals surface area contributed by atoms with Crippen LogP contribution in [-0.4, -0.2) is 56.5 Å². The Morgan fingerprint density at radius 3 is 2.59 bits per heavy atom. The molecule has 1 aliphatic heterocycles. The number of carbonyl (C=O) groups excluding carboxylic acids is 2. The molecule has 0 radical (unpaired) electrons. The van der Waals surface area contributed by atoms with Crippen molar-refractivity contribution in [3.05, 3.63) is 24.3 Å². The van der Waals surface area contributed by atoms with E-state index in [-0.39, 0.29) is 11.8 Å². The predicted molar refractivity (Wildman–Crippen MR) is 85.1 cm³/mol. The quantitative estimate of drug-likeness (QED) is 0.877. The molecule has 6 heteroatoms. The summed E-state index contributed by atoms with van der Waals surface area (Å²) < 4.78 is 5.24. The number of amides is 2. The Kier molecular flexibility index (Phi) is 5.63. The molecule has 1 saturated heterocycles. The van der Waals surface area contributed by atoms with Crippen LogP contribution in [0.4, 0.5) is 5.69 Å². The molecule has 22 heavy (non-hydrogen) atoms. The molecule has 2 rings (SSSR count). The number of methoxy groups -OCH3 is 1. The average molecular weight is 305 g/mol. The number of rotatable bonds is 5. The van der Waals surface area contributed by atoms with Crippen LogP contribution in [0.3, 0.4) is 0 Å². The molecule has 0 saturated carbocycles. The number of carbonyl (C=O) groups is 2. The van der Waals surface area contributed by atoms with Crippen molar-refractivity contribution < 1.29 is 14.3 Å². The molecule has 0 atom stereocenters. The largest absolute Gasteiger partial charge is 0.497 e. The number of hydrogen-bond donors (Lipinski definition) is 1. The summed E-state index contributed by atoms with van der Waals surface area (Å²) in [7, 11) is 1.66. The molecule has 1 heterocycles. The number of nitrogens with one attached hydrogen (secondary N) is 1. The van der Waals surface area contributed by atoms with Crippen molar-refractivity contribution in [3.8, 4) is 5.75 Å². The first-order chi connectivity index (χ1) is 10.6. The van der Waals surface area contributed by atoms with Crippen LogP contribution in [0.25, 0.3) is 0 Å². The lowest BCUT2D eigenvalue weighted by molar-refractivity contribution is -0.131. The number of benzene rings is 1. The van der Waals surface area contributed by atoms with E-state index in [1.807, 2.05) is 23.1 Å². The maximum Gasteiger partial charge on any atom is 0.224 e. The minimum absolute atomic E-state index is 0.0963. The smallest absolute Gasteiger partial charge is 0.224 e. The van der Waals surface area contributed by atoms with E-state index < -0.39 is 0 Å². The Labute approximate surface area is 131 Å². The van der Waals surface area contributed by atoms with E-state index in [0.717, 1.165) is 24.5 Å². The van der Waals surface area contributed by atoms with E-state index in [9.17, 15) is 9.59 Å². The van der Waals surface area contributed by atoms with Crippen molar-refractivity contribution in [1.29, 1.82) is 0 Å². The summed E-state index contributed by atoms with van der Waals surface area (Å²) in [4.78, 5) is 27.0. The molecular formula is C16H23N3O3. The monoisotopic (exact) mass is 305 g/mol. The molecule has 1 aromatic rings. The Hall–Kier alpha value is -2.24. The van der Waals surface area contributed by atoms with Gasteiger partial charge in [0.15, 0.2) is 0 Å². The van der Waals surface area contributed by atoms with E-state index in [1.54, 1.807) is 7.11 Å². The highest BCUT2D eigenvalue weighted by Crippen LogP contribution is 2.22. The fraction of sp³-hybridized carbons (Fsp3) is 0.500. The molecule has 2 amide bonds. The van der Waals surface area contributed by atoms with Crippen LogP contribution in [0.5, 0.6) is 5.75 Å². The first kappa shape index (κ1) is 16.1. The molecule has 120 valence electrons. The van der Waals surface area contributed by atoms with Crippen LogP contribution < -0.4 is 15.0 Å². The fourth-order valence-corrected chi connectivity index (χ4v) is 2.52. The number of hydrogen-bond acceptors (Lipinski definition) is 4. The van der Waals surface area contributed by atoms with Crippen molar-refractivity contribution in [2.24, 2.45) is 0 Å². The SMILES string of the molecule is COc1cccc(N2CCN(C(=O)CCNC(C)=O)CC2)c1. The first-order valence-corrected chi connectivity index (χ1v) is 7.51. The zero-order valence-corrected chi connectivity index (χ0v) is 13.2. The second-order valence-electron chi connectivity index (χ2n) is 5.30. The van der Waals surface area contributed by atoms with Crippen molar-refractivity contribution in [2.75, 3.05) is 44.7 Å². The van der Waals surface area contributed by atoms with Gasteiger partial charge in [0.1, 0.15) is 5.75 Å². The Morgan fingerprint density at radius 1 is 1.23 bits per heavy atom. The van der Waals surface area contributed by atoms with Crippen molar-refractivity contribution in [2.45, 2.75) is 13.3 Å². The summed E-state index contributed by atoms with van der Waals surface area (Å²) in [5.74, 6) is 0.834. The molecule has 0 bridgehead atoms. The molecule has 0 unspecified atom stereocenters. The van der Waals surface area contributed by atoms with E-state index in [0.29, 0.717) is 26.1 Å². The Bertz CT molecular complexity index is 525. The van der Waals surface area contributed by atoms with Gasteiger partial charge in [-0.1, -0.05) is 6.07 Å². The van der Waals surface area contributed by atoms with E-state index in [4.69, 9.17) is 4.74 Å². The standard InChI is InChI=1S/C16H23N3O3/c1-13(20)17-7-6-16(21)19-10-8-18(9-11-19)14-4-3-5-15(12-14)22-2/h3-5,12H,6-11H2,1-2H3,(H,17,20). The summed E-state index contributed by atoms with van der Waals surface area (Å²) in [6.07, 6.45) is 0.360. The van der Waals surface area contributed by atoms with Gasteiger partial charge < -0.3 is 19.9 Å². The van der Waals surface area contributed by atoms with Crippen LogP contribution >= 0.6 is 0 Å². The molecule has 1 fully saturated rings. The number of anilines is 1. The minimum atomic E-state index is -0.101. The van der Waals surface area contributed by atoms with Gasteiger partial charge in [-0.15, -0.1) is 0 Å². The highest BCUT2D eigenvalue weighted by atomic mass is 16.5. The highest BCUT2D eigenvalue weighted by molar-refractivity contribution is 5.78. The molecule has 1 N–H and O–H groups in total. The second-order valence-corrected chi connectivity index (χ2v) is 5.30. The predicted octanol–water partition coefficient (Wildman–Crippen LogP) is 0.870. The van der Waals surface area contributed by atoms with Crippen LogP contribution in [0, 0.1) is 0 Å². The van der Waals surface area contributed by atoms with Gasteiger partial charge >= 0.3 is 0 Å². The first-order valence-electron chi connectivity index (χ1n) is 7.51. The van der Waals surface area contributed by atoms with Gasteiger partial charge in [-0.3, -0.25) is 9.59 Å². The lowest BCUT2D eigenvalue weighted by atomic mass is 10.2. The molecular weight excluding hydrogens is 282 g/mol. The maximum atomic E-state index is 12.1. The van der Waals surface area contributed by atoms with Crippen molar-refractivity contribution in [3.63, 3.8) is 0 Å². The van der Waals surface area contributed by atoms with E-state index in [1.165, 1.54) is 6.92 Å². The summed E-state index contributed by atoms with van der Waals surface area (Å²) >= 11 is 0. The molecule has 1 aliphatic rings. The topological polar surface area (TPSA) is 61.9 Å². The van der Waals surface area contributed by atoms with Gasteiger partial charge in [0.05, 0.1) is 7.11 Å². The van der Waals surface area contributed by atoms with Crippen molar-refractivity contribution >= 4 is 17.5 Å². The third-order valence-corrected chi connectivity index (χ3v) is 3.76. The Balaban J connectivity index is 1.82. The van der Waals surface area contributed by atoms with Crippen LogP contribution in [-0.2, 0) is 9.59 Å². The number of nitrogens with zero attached hydrogens (tertiary/aromatic N) is 2. The Morgan fingerprint density at radius 2 is 1.95 bits per heavy atom. The minimum Gasteiger partial charge on any atom is -0.497 e. The van der Waals surface area contributed by atoms with Gasteiger partial charge in [-0.2, -0.15) is 0 Å². The van der Waals surface area contributed by atoms with Crippen LogP contribution in [0.15, 0.2) is 24.3 Å². The number of ether oxygens (including phenoxy) is 1. The molecule has 0 spiro atoms. The third-order valence-electron chi connectivity index (χ3n) is 3.76. The normalized spacial score (nSPS) is 14.6. The fourth-order valence-electron chi connectivity index (χ4n) is 2.52. The summed E-state index contributed by atoms with van der Waals surface area (Å²) in [5.41, 5.74) is 1.12. The van der Waals surface area contributed by atoms with Crippen molar-refractivity contribution in [1.82, 2.24) is 10.2 Å². The van der Waals surface area contributed by atoms with Gasteiger partial charge in [0.25, 0.3) is 0 Å². The van der Waals surface area contributed by atoms with Gasteiger partial charge in [-0.25, -0.2) is 0 Å². The summed E-state index contributed by atoms with van der Waals surface area (Å²) in [6, 6.07) is 7.95. The highest BCUT2D eigenvalue weighted by Gasteiger charge is 2.21. The second kappa shape index (κ2) is 7.68. The van der Waals surface area contributed by atoms with E-state index >= 15 is 0 Å². The van der Waals surface area contributed by atoms with Gasteiger partial charge in [-0.05, 0) is 12.1 Å².